The molecule has 0 bridgehead atoms. The van der Waals surface area contributed by atoms with E-state index >= 15 is 0 Å². The number of hydrogen-bond donors (Lipinski definition) is 1. The monoisotopic (exact) mass is 229 g/mol. The molecule has 0 aromatic rings. The quantitative estimate of drug-likeness (QED) is 0.791. The van der Waals surface area contributed by atoms with Gasteiger partial charge in [0.2, 0.25) is 0 Å². The summed E-state index contributed by atoms with van der Waals surface area (Å²) < 4.78 is 16.8. The van der Waals surface area contributed by atoms with E-state index in [1.54, 1.807) is 0 Å². The minimum absolute atomic E-state index is 0.188. The van der Waals surface area contributed by atoms with E-state index < -0.39 is 5.79 Å². The summed E-state index contributed by atoms with van der Waals surface area (Å²) in [5.74, 6) is -0.407. The molecule has 0 amide bonds. The van der Waals surface area contributed by atoms with Crippen LogP contribution in [-0.4, -0.2) is 43.8 Å². The Kier molecular flexibility index (Phi) is 3.85. The Bertz CT molecular complexity index is 230. The lowest BCUT2D eigenvalue weighted by Gasteiger charge is -2.29. The van der Waals surface area contributed by atoms with E-state index in [-0.39, 0.29) is 6.10 Å². The summed E-state index contributed by atoms with van der Waals surface area (Å²) in [4.78, 5) is 0. The second-order valence-corrected chi connectivity index (χ2v) is 5.26. The van der Waals surface area contributed by atoms with Crippen LogP contribution in [0.15, 0.2) is 0 Å². The van der Waals surface area contributed by atoms with Crippen LogP contribution in [0, 0.1) is 0 Å². The first-order valence-corrected chi connectivity index (χ1v) is 6.22. The van der Waals surface area contributed by atoms with Crippen molar-refractivity contribution in [1.82, 2.24) is 5.32 Å². The van der Waals surface area contributed by atoms with Gasteiger partial charge in [0.1, 0.15) is 0 Å². The molecule has 1 N–H and O–H groups in total. The van der Waals surface area contributed by atoms with Gasteiger partial charge in [-0.25, -0.2) is 0 Å². The molecule has 4 heteroatoms. The van der Waals surface area contributed by atoms with Crippen LogP contribution < -0.4 is 5.32 Å². The summed E-state index contributed by atoms with van der Waals surface area (Å²) in [5.41, 5.74) is 0. The SMILES string of the molecule is CC1CC(NCC2COC(C)(C)O2)CCO1. The molecule has 2 saturated heterocycles. The number of ether oxygens (including phenoxy) is 3. The van der Waals surface area contributed by atoms with Gasteiger partial charge in [0.05, 0.1) is 18.8 Å². The van der Waals surface area contributed by atoms with Gasteiger partial charge in [-0.15, -0.1) is 0 Å². The zero-order chi connectivity index (χ0) is 11.6. The Labute approximate surface area is 97.6 Å². The van der Waals surface area contributed by atoms with Crippen LogP contribution in [-0.2, 0) is 14.2 Å². The lowest BCUT2D eigenvalue weighted by Crippen LogP contribution is -2.42. The third-order valence-corrected chi connectivity index (χ3v) is 3.19. The molecule has 16 heavy (non-hydrogen) atoms. The van der Waals surface area contributed by atoms with Crippen molar-refractivity contribution in [2.24, 2.45) is 0 Å². The van der Waals surface area contributed by atoms with Crippen molar-refractivity contribution in [3.8, 4) is 0 Å². The van der Waals surface area contributed by atoms with Gasteiger partial charge in [-0.3, -0.25) is 0 Å². The fourth-order valence-electron chi connectivity index (χ4n) is 2.35. The van der Waals surface area contributed by atoms with Crippen LogP contribution in [0.2, 0.25) is 0 Å². The maximum atomic E-state index is 5.75. The summed E-state index contributed by atoms with van der Waals surface area (Å²) in [6.07, 6.45) is 2.76. The number of hydrogen-bond acceptors (Lipinski definition) is 4. The molecule has 0 aliphatic carbocycles. The Hall–Kier alpha value is -0.160. The van der Waals surface area contributed by atoms with Gasteiger partial charge in [0.25, 0.3) is 0 Å². The first kappa shape index (κ1) is 12.3. The normalized spacial score (nSPS) is 38.8. The van der Waals surface area contributed by atoms with E-state index in [9.17, 15) is 0 Å². The summed E-state index contributed by atoms with van der Waals surface area (Å²) in [7, 11) is 0. The van der Waals surface area contributed by atoms with Crippen LogP contribution in [0.3, 0.4) is 0 Å². The summed E-state index contributed by atoms with van der Waals surface area (Å²) in [5, 5.41) is 3.55. The lowest BCUT2D eigenvalue weighted by molar-refractivity contribution is -0.138. The van der Waals surface area contributed by atoms with Gasteiger partial charge < -0.3 is 19.5 Å². The minimum atomic E-state index is -0.407. The van der Waals surface area contributed by atoms with Crippen molar-refractivity contribution in [3.63, 3.8) is 0 Å². The van der Waals surface area contributed by atoms with Crippen LogP contribution in [0.1, 0.15) is 33.6 Å². The van der Waals surface area contributed by atoms with Crippen LogP contribution in [0.5, 0.6) is 0 Å². The van der Waals surface area contributed by atoms with Crippen LogP contribution >= 0.6 is 0 Å². The molecule has 2 fully saturated rings. The van der Waals surface area contributed by atoms with Crippen LogP contribution in [0.25, 0.3) is 0 Å². The van der Waals surface area contributed by atoms with Crippen molar-refractivity contribution in [2.45, 2.75) is 57.6 Å². The third kappa shape index (κ3) is 3.42. The van der Waals surface area contributed by atoms with E-state index in [1.165, 1.54) is 0 Å². The highest BCUT2D eigenvalue weighted by Crippen LogP contribution is 2.22. The molecule has 2 heterocycles. The van der Waals surface area contributed by atoms with Crippen molar-refractivity contribution in [2.75, 3.05) is 19.8 Å². The van der Waals surface area contributed by atoms with E-state index in [0.717, 1.165) is 26.0 Å². The molecular weight excluding hydrogens is 206 g/mol. The topological polar surface area (TPSA) is 39.7 Å². The molecule has 0 spiro atoms. The first-order chi connectivity index (χ1) is 7.55. The fraction of sp³-hybridized carbons (Fsp3) is 1.00. The molecule has 2 aliphatic heterocycles. The van der Waals surface area contributed by atoms with Crippen molar-refractivity contribution < 1.29 is 14.2 Å². The van der Waals surface area contributed by atoms with Gasteiger partial charge >= 0.3 is 0 Å². The molecule has 3 atom stereocenters. The van der Waals surface area contributed by atoms with Crippen molar-refractivity contribution in [3.05, 3.63) is 0 Å². The van der Waals surface area contributed by atoms with Gasteiger partial charge in [0.15, 0.2) is 5.79 Å². The Balaban J connectivity index is 1.68. The molecule has 2 rings (SSSR count). The van der Waals surface area contributed by atoms with E-state index in [1.807, 2.05) is 13.8 Å². The number of rotatable bonds is 3. The first-order valence-electron chi connectivity index (χ1n) is 6.22. The highest BCUT2D eigenvalue weighted by Gasteiger charge is 2.32. The summed E-state index contributed by atoms with van der Waals surface area (Å²) >= 11 is 0. The maximum absolute atomic E-state index is 5.75. The highest BCUT2D eigenvalue weighted by atomic mass is 16.7. The minimum Gasteiger partial charge on any atom is -0.378 e. The Morgan fingerprint density at radius 2 is 2.19 bits per heavy atom. The molecule has 2 aliphatic rings. The highest BCUT2D eigenvalue weighted by molar-refractivity contribution is 4.78. The third-order valence-electron chi connectivity index (χ3n) is 3.19. The molecule has 3 unspecified atom stereocenters. The maximum Gasteiger partial charge on any atom is 0.163 e. The standard InChI is InChI=1S/C12H23NO3/c1-9-6-10(4-5-14-9)13-7-11-8-15-12(2,3)16-11/h9-11,13H,4-8H2,1-3H3. The predicted molar refractivity (Wildman–Crippen MR) is 61.3 cm³/mol. The molecule has 0 saturated carbocycles. The van der Waals surface area contributed by atoms with E-state index in [0.29, 0.717) is 18.8 Å². The van der Waals surface area contributed by atoms with E-state index in [2.05, 4.69) is 12.2 Å². The van der Waals surface area contributed by atoms with E-state index in [4.69, 9.17) is 14.2 Å². The second-order valence-electron chi connectivity index (χ2n) is 5.26. The zero-order valence-corrected chi connectivity index (χ0v) is 10.5. The average Bonchev–Trinajstić information content (AvgIpc) is 2.56. The molecule has 4 nitrogen and oxygen atoms in total. The van der Waals surface area contributed by atoms with Crippen LogP contribution in [0.4, 0.5) is 0 Å². The Morgan fingerprint density at radius 1 is 1.38 bits per heavy atom. The molecule has 0 radical (unpaired) electrons. The van der Waals surface area contributed by atoms with Crippen molar-refractivity contribution in [1.29, 1.82) is 0 Å². The lowest BCUT2D eigenvalue weighted by atomic mass is 10.0. The predicted octanol–water partition coefficient (Wildman–Crippen LogP) is 1.29. The summed E-state index contributed by atoms with van der Waals surface area (Å²) in [6, 6.07) is 0.566. The number of nitrogens with one attached hydrogen (secondary N) is 1. The van der Waals surface area contributed by atoms with Crippen molar-refractivity contribution >= 4 is 0 Å². The van der Waals surface area contributed by atoms with Gasteiger partial charge in [-0.1, -0.05) is 0 Å². The molecule has 0 aromatic carbocycles. The fourth-order valence-corrected chi connectivity index (χ4v) is 2.35. The molecule has 0 aromatic heterocycles. The summed E-state index contributed by atoms with van der Waals surface area (Å²) in [6.45, 7) is 8.49. The molecular formula is C12H23NO3. The van der Waals surface area contributed by atoms with Gasteiger partial charge in [0, 0.05) is 19.2 Å². The smallest absolute Gasteiger partial charge is 0.163 e. The Morgan fingerprint density at radius 3 is 2.81 bits per heavy atom. The average molecular weight is 229 g/mol. The zero-order valence-electron chi connectivity index (χ0n) is 10.5. The van der Waals surface area contributed by atoms with Gasteiger partial charge in [-0.2, -0.15) is 0 Å². The molecule has 94 valence electrons. The second kappa shape index (κ2) is 5.00. The largest absolute Gasteiger partial charge is 0.378 e. The van der Waals surface area contributed by atoms with Gasteiger partial charge in [-0.05, 0) is 33.6 Å².